The molecule has 1 aromatic heterocycles. The highest BCUT2D eigenvalue weighted by molar-refractivity contribution is 5.89. The number of nitrogens with zero attached hydrogens (tertiary/aromatic N) is 2. The summed E-state index contributed by atoms with van der Waals surface area (Å²) in [5.41, 5.74) is 0. The van der Waals surface area contributed by atoms with Crippen molar-refractivity contribution in [2.45, 2.75) is 39.7 Å². The molecule has 0 aromatic carbocycles. The third-order valence-electron chi connectivity index (χ3n) is 2.86. The van der Waals surface area contributed by atoms with Crippen LogP contribution in [0.4, 0.5) is 5.82 Å². The molecule has 1 aromatic rings. The fraction of sp³-hybridized carbons (Fsp3) is 0.692. The largest absolute Gasteiger partial charge is 0.396 e. The number of amides is 1. The van der Waals surface area contributed by atoms with Crippen LogP contribution >= 0.6 is 0 Å². The van der Waals surface area contributed by atoms with Crippen LogP contribution in [0, 0.1) is 6.92 Å². The summed E-state index contributed by atoms with van der Waals surface area (Å²) in [6.45, 7) is 7.57. The number of aliphatic hydroxyl groups is 1. The van der Waals surface area contributed by atoms with E-state index in [9.17, 15) is 4.79 Å². The Morgan fingerprint density at radius 3 is 2.79 bits per heavy atom. The minimum Gasteiger partial charge on any atom is -0.396 e. The third kappa shape index (κ3) is 5.85. The second-order valence-electron chi connectivity index (χ2n) is 4.83. The summed E-state index contributed by atoms with van der Waals surface area (Å²) < 4.78 is 4.88. The van der Waals surface area contributed by atoms with E-state index in [1.54, 1.807) is 13.0 Å². The minimum atomic E-state index is -0.0806. The number of nitrogens with one attached hydrogen (secondary N) is 1. The molecule has 0 bridgehead atoms. The maximum absolute atomic E-state index is 11.8. The summed E-state index contributed by atoms with van der Waals surface area (Å²) in [4.78, 5) is 13.9. The lowest BCUT2D eigenvalue weighted by molar-refractivity contribution is -0.116. The third-order valence-corrected chi connectivity index (χ3v) is 2.86. The maximum atomic E-state index is 11.8. The first kappa shape index (κ1) is 15.7. The lowest BCUT2D eigenvalue weighted by Gasteiger charge is -2.25. The molecule has 0 aliphatic heterocycles. The molecule has 0 unspecified atom stereocenters. The molecule has 2 N–H and O–H groups in total. The van der Waals surface area contributed by atoms with Gasteiger partial charge in [0.05, 0.1) is 0 Å². The van der Waals surface area contributed by atoms with Crippen LogP contribution in [0.5, 0.6) is 0 Å². The first-order valence-electron chi connectivity index (χ1n) is 6.61. The Hall–Kier alpha value is -1.40. The highest BCUT2D eigenvalue weighted by Crippen LogP contribution is 2.08. The monoisotopic (exact) mass is 269 g/mol. The Kier molecular flexibility index (Phi) is 6.52. The van der Waals surface area contributed by atoms with Gasteiger partial charge in [0.15, 0.2) is 5.82 Å². The molecule has 6 nitrogen and oxygen atoms in total. The summed E-state index contributed by atoms with van der Waals surface area (Å²) in [7, 11) is 0. The van der Waals surface area contributed by atoms with Gasteiger partial charge in [0, 0.05) is 38.2 Å². The fourth-order valence-electron chi connectivity index (χ4n) is 1.78. The molecular formula is C13H23N3O3. The van der Waals surface area contributed by atoms with Crippen molar-refractivity contribution in [1.82, 2.24) is 10.1 Å². The van der Waals surface area contributed by atoms with Crippen LogP contribution in [0.25, 0.3) is 0 Å². The molecule has 0 spiro atoms. The molecule has 0 aliphatic rings. The molecule has 0 atom stereocenters. The maximum Gasteiger partial charge on any atom is 0.226 e. The van der Waals surface area contributed by atoms with Crippen LogP contribution < -0.4 is 5.32 Å². The van der Waals surface area contributed by atoms with Gasteiger partial charge in [-0.1, -0.05) is 5.16 Å². The van der Waals surface area contributed by atoms with Gasteiger partial charge in [0.2, 0.25) is 5.91 Å². The molecule has 19 heavy (non-hydrogen) atoms. The van der Waals surface area contributed by atoms with Gasteiger partial charge in [-0.05, 0) is 27.2 Å². The quantitative estimate of drug-likeness (QED) is 0.746. The second-order valence-corrected chi connectivity index (χ2v) is 4.83. The highest BCUT2D eigenvalue weighted by atomic mass is 16.5. The molecule has 1 amide bonds. The average molecular weight is 269 g/mol. The van der Waals surface area contributed by atoms with Crippen LogP contribution in [0.2, 0.25) is 0 Å². The number of anilines is 1. The summed E-state index contributed by atoms with van der Waals surface area (Å²) in [6, 6.07) is 2.04. The molecule has 6 heteroatoms. The normalized spacial score (nSPS) is 11.3. The Balaban J connectivity index is 2.34. The Morgan fingerprint density at radius 2 is 2.26 bits per heavy atom. The predicted molar refractivity (Wildman–Crippen MR) is 72.9 cm³/mol. The molecule has 108 valence electrons. The van der Waals surface area contributed by atoms with E-state index in [-0.39, 0.29) is 12.5 Å². The first-order valence-corrected chi connectivity index (χ1v) is 6.61. The van der Waals surface area contributed by atoms with Crippen molar-refractivity contribution in [2.75, 3.05) is 25.0 Å². The van der Waals surface area contributed by atoms with E-state index in [0.29, 0.717) is 30.6 Å². The average Bonchev–Trinajstić information content (AvgIpc) is 2.74. The molecule has 0 aliphatic carbocycles. The van der Waals surface area contributed by atoms with E-state index in [1.165, 1.54) is 0 Å². The summed E-state index contributed by atoms with van der Waals surface area (Å²) in [5.74, 6) is 1.04. The predicted octanol–water partition coefficient (Wildman–Crippen LogP) is 1.40. The van der Waals surface area contributed by atoms with Crippen LogP contribution in [0.1, 0.15) is 32.4 Å². The summed E-state index contributed by atoms with van der Waals surface area (Å²) in [5, 5.41) is 15.3. The lowest BCUT2D eigenvalue weighted by atomic mass is 10.2. The van der Waals surface area contributed by atoms with Crippen molar-refractivity contribution in [2.24, 2.45) is 0 Å². The topological polar surface area (TPSA) is 78.6 Å². The van der Waals surface area contributed by atoms with E-state index < -0.39 is 0 Å². The highest BCUT2D eigenvalue weighted by Gasteiger charge is 2.12. The summed E-state index contributed by atoms with van der Waals surface area (Å²) >= 11 is 0. The zero-order valence-corrected chi connectivity index (χ0v) is 11.8. The molecule has 0 saturated carbocycles. The van der Waals surface area contributed by atoms with E-state index in [0.717, 1.165) is 13.0 Å². The standard InChI is InChI=1S/C13H23N3O3/c1-10(2)16(6-4-8-17)7-5-13(18)14-12-9-11(3)19-15-12/h9-10,17H,4-8H2,1-3H3,(H,14,15,18). The lowest BCUT2D eigenvalue weighted by Crippen LogP contribution is -2.35. The smallest absolute Gasteiger partial charge is 0.226 e. The van der Waals surface area contributed by atoms with Gasteiger partial charge < -0.3 is 19.8 Å². The summed E-state index contributed by atoms with van der Waals surface area (Å²) in [6.07, 6.45) is 1.12. The van der Waals surface area contributed by atoms with Crippen LogP contribution in [-0.2, 0) is 4.79 Å². The number of carbonyl (C=O) groups excluding carboxylic acids is 1. The number of aromatic nitrogens is 1. The number of carbonyl (C=O) groups is 1. The number of hydrogen-bond acceptors (Lipinski definition) is 5. The number of aryl methyl sites for hydroxylation is 1. The zero-order chi connectivity index (χ0) is 14.3. The van der Waals surface area contributed by atoms with Crippen LogP contribution in [0.3, 0.4) is 0 Å². The number of aliphatic hydroxyl groups excluding tert-OH is 1. The van der Waals surface area contributed by atoms with E-state index in [4.69, 9.17) is 9.63 Å². The van der Waals surface area contributed by atoms with E-state index in [1.807, 2.05) is 0 Å². The van der Waals surface area contributed by atoms with Crippen molar-refractivity contribution in [3.05, 3.63) is 11.8 Å². The van der Waals surface area contributed by atoms with Crippen molar-refractivity contribution in [1.29, 1.82) is 0 Å². The van der Waals surface area contributed by atoms with Gasteiger partial charge in [-0.3, -0.25) is 4.79 Å². The number of hydrogen-bond donors (Lipinski definition) is 2. The van der Waals surface area contributed by atoms with Crippen molar-refractivity contribution < 1.29 is 14.4 Å². The van der Waals surface area contributed by atoms with E-state index >= 15 is 0 Å². The number of rotatable bonds is 8. The van der Waals surface area contributed by atoms with Crippen molar-refractivity contribution >= 4 is 11.7 Å². The Labute approximate surface area is 113 Å². The molecule has 1 rings (SSSR count). The van der Waals surface area contributed by atoms with Gasteiger partial charge in [-0.2, -0.15) is 0 Å². The Morgan fingerprint density at radius 1 is 1.53 bits per heavy atom. The molecule has 0 radical (unpaired) electrons. The van der Waals surface area contributed by atoms with Gasteiger partial charge >= 0.3 is 0 Å². The minimum absolute atomic E-state index is 0.0806. The van der Waals surface area contributed by atoms with Gasteiger partial charge in [0.25, 0.3) is 0 Å². The zero-order valence-electron chi connectivity index (χ0n) is 11.8. The van der Waals surface area contributed by atoms with Gasteiger partial charge in [0.1, 0.15) is 5.76 Å². The molecular weight excluding hydrogens is 246 g/mol. The SMILES string of the molecule is Cc1cc(NC(=O)CCN(CCCO)C(C)C)no1. The molecule has 0 fully saturated rings. The fourth-order valence-corrected chi connectivity index (χ4v) is 1.78. The van der Waals surface area contributed by atoms with Crippen molar-refractivity contribution in [3.8, 4) is 0 Å². The Bertz CT molecular complexity index is 390. The van der Waals surface area contributed by atoms with Crippen molar-refractivity contribution in [3.63, 3.8) is 0 Å². The molecule has 0 saturated heterocycles. The molecule has 1 heterocycles. The second kappa shape index (κ2) is 7.91. The van der Waals surface area contributed by atoms with E-state index in [2.05, 4.69) is 29.2 Å². The van der Waals surface area contributed by atoms with Crippen LogP contribution in [-0.4, -0.2) is 46.8 Å². The first-order chi connectivity index (χ1) is 9.02. The van der Waals surface area contributed by atoms with Crippen LogP contribution in [0.15, 0.2) is 10.6 Å². The van der Waals surface area contributed by atoms with Gasteiger partial charge in [-0.25, -0.2) is 0 Å². The van der Waals surface area contributed by atoms with Gasteiger partial charge in [-0.15, -0.1) is 0 Å².